The Morgan fingerprint density at radius 3 is 3.00 bits per heavy atom. The van der Waals surface area contributed by atoms with Crippen LogP contribution in [0.5, 0.6) is 0 Å². The molecule has 1 N–H and O–H groups in total. The van der Waals surface area contributed by atoms with Crippen LogP contribution in [0.4, 0.5) is 10.1 Å². The average molecular weight is 229 g/mol. The first-order valence-electron chi connectivity index (χ1n) is 5.26. The van der Waals surface area contributed by atoms with Gasteiger partial charge in [0, 0.05) is 25.0 Å². The molecule has 0 amide bonds. The van der Waals surface area contributed by atoms with Crippen LogP contribution in [0, 0.1) is 5.82 Å². The molecule has 2 rings (SSSR count). The number of nitrogens with one attached hydrogen (secondary N) is 1. The lowest BCUT2D eigenvalue weighted by atomic mass is 10.2. The molecule has 0 fully saturated rings. The monoisotopic (exact) mass is 229 g/mol. The molecule has 0 saturated carbocycles. The second kappa shape index (κ2) is 5.75. The van der Waals surface area contributed by atoms with Gasteiger partial charge in [-0.3, -0.25) is 10.4 Å². The van der Waals surface area contributed by atoms with Crippen molar-refractivity contribution in [3.63, 3.8) is 0 Å². The molecule has 1 heterocycles. The maximum absolute atomic E-state index is 12.8. The Hall–Kier alpha value is -2.23. The highest BCUT2D eigenvalue weighted by Gasteiger charge is 1.91. The van der Waals surface area contributed by atoms with Crippen molar-refractivity contribution in [3.8, 4) is 0 Å². The summed E-state index contributed by atoms with van der Waals surface area (Å²) in [4.78, 5) is 4.00. The Morgan fingerprint density at radius 2 is 2.24 bits per heavy atom. The smallest absolute Gasteiger partial charge is 0.125 e. The number of hydrogen-bond acceptors (Lipinski definition) is 3. The predicted octanol–water partition coefficient (Wildman–Crippen LogP) is 2.86. The van der Waals surface area contributed by atoms with E-state index in [1.165, 1.54) is 12.1 Å². The number of aromatic nitrogens is 1. The van der Waals surface area contributed by atoms with E-state index in [-0.39, 0.29) is 5.82 Å². The molecule has 0 radical (unpaired) electrons. The molecular formula is C13H12FN3. The van der Waals surface area contributed by atoms with Gasteiger partial charge in [-0.05, 0) is 29.8 Å². The standard InChI is InChI=1S/C13H12FN3/c14-12-4-1-5-13(9-12)17-16-8-6-11-3-2-7-15-10-11/h1-5,7-10,17H,6H2. The Morgan fingerprint density at radius 1 is 1.29 bits per heavy atom. The number of halogens is 1. The SMILES string of the molecule is Fc1cccc(NN=CCc2cccnc2)c1. The van der Waals surface area contributed by atoms with E-state index in [0.29, 0.717) is 12.1 Å². The summed E-state index contributed by atoms with van der Waals surface area (Å²) in [6, 6.07) is 10.0. The van der Waals surface area contributed by atoms with Crippen LogP contribution >= 0.6 is 0 Å². The topological polar surface area (TPSA) is 37.3 Å². The van der Waals surface area contributed by atoms with E-state index in [1.54, 1.807) is 30.7 Å². The molecule has 2 aromatic rings. The lowest BCUT2D eigenvalue weighted by molar-refractivity contribution is 0.628. The fourth-order valence-electron chi connectivity index (χ4n) is 1.35. The van der Waals surface area contributed by atoms with Gasteiger partial charge in [0.05, 0.1) is 5.69 Å². The number of anilines is 1. The van der Waals surface area contributed by atoms with Crippen molar-refractivity contribution >= 4 is 11.9 Å². The van der Waals surface area contributed by atoms with Crippen molar-refractivity contribution in [1.29, 1.82) is 0 Å². The summed E-state index contributed by atoms with van der Waals surface area (Å²) in [5.41, 5.74) is 4.48. The number of pyridine rings is 1. The molecule has 0 bridgehead atoms. The third-order valence-electron chi connectivity index (χ3n) is 2.16. The summed E-state index contributed by atoms with van der Waals surface area (Å²) >= 11 is 0. The molecule has 0 saturated heterocycles. The molecule has 3 nitrogen and oxygen atoms in total. The van der Waals surface area contributed by atoms with E-state index in [2.05, 4.69) is 15.5 Å². The molecule has 0 spiro atoms. The van der Waals surface area contributed by atoms with Crippen molar-refractivity contribution in [2.24, 2.45) is 5.10 Å². The van der Waals surface area contributed by atoms with Crippen molar-refractivity contribution in [3.05, 3.63) is 60.2 Å². The minimum atomic E-state index is -0.280. The van der Waals surface area contributed by atoms with Gasteiger partial charge in [0.1, 0.15) is 5.82 Å². The van der Waals surface area contributed by atoms with Gasteiger partial charge in [0.25, 0.3) is 0 Å². The van der Waals surface area contributed by atoms with Crippen LogP contribution in [0.2, 0.25) is 0 Å². The van der Waals surface area contributed by atoms with Gasteiger partial charge in [-0.15, -0.1) is 0 Å². The fraction of sp³-hybridized carbons (Fsp3) is 0.0769. The molecule has 17 heavy (non-hydrogen) atoms. The second-order valence-corrected chi connectivity index (χ2v) is 3.50. The summed E-state index contributed by atoms with van der Waals surface area (Å²) < 4.78 is 12.8. The highest BCUT2D eigenvalue weighted by atomic mass is 19.1. The highest BCUT2D eigenvalue weighted by Crippen LogP contribution is 2.08. The summed E-state index contributed by atoms with van der Waals surface area (Å²) in [6.45, 7) is 0. The summed E-state index contributed by atoms with van der Waals surface area (Å²) in [7, 11) is 0. The Kier molecular flexibility index (Phi) is 3.81. The number of rotatable bonds is 4. The van der Waals surface area contributed by atoms with Crippen LogP contribution in [-0.2, 0) is 6.42 Å². The number of hydrazone groups is 1. The first-order chi connectivity index (χ1) is 8.34. The highest BCUT2D eigenvalue weighted by molar-refractivity contribution is 5.62. The lowest BCUT2D eigenvalue weighted by Crippen LogP contribution is -1.92. The third kappa shape index (κ3) is 3.68. The van der Waals surface area contributed by atoms with E-state index in [1.807, 2.05) is 12.1 Å². The quantitative estimate of drug-likeness (QED) is 0.646. The van der Waals surface area contributed by atoms with Crippen molar-refractivity contribution < 1.29 is 4.39 Å². The molecule has 4 heteroatoms. The predicted molar refractivity (Wildman–Crippen MR) is 66.5 cm³/mol. The van der Waals surface area contributed by atoms with Gasteiger partial charge in [0.2, 0.25) is 0 Å². The summed E-state index contributed by atoms with van der Waals surface area (Å²) in [5, 5.41) is 4.01. The maximum atomic E-state index is 12.8. The van der Waals surface area contributed by atoms with E-state index in [9.17, 15) is 4.39 Å². The number of nitrogens with zero attached hydrogens (tertiary/aromatic N) is 2. The van der Waals surface area contributed by atoms with Crippen molar-refractivity contribution in [1.82, 2.24) is 4.98 Å². The number of benzene rings is 1. The molecule has 0 aliphatic carbocycles. The van der Waals surface area contributed by atoms with Gasteiger partial charge in [-0.25, -0.2) is 4.39 Å². The first-order valence-corrected chi connectivity index (χ1v) is 5.26. The first kappa shape index (κ1) is 11.3. The van der Waals surface area contributed by atoms with Crippen LogP contribution in [0.1, 0.15) is 5.56 Å². The third-order valence-corrected chi connectivity index (χ3v) is 2.16. The molecule has 1 aromatic heterocycles. The van der Waals surface area contributed by atoms with Crippen molar-refractivity contribution in [2.75, 3.05) is 5.43 Å². The van der Waals surface area contributed by atoms with Gasteiger partial charge < -0.3 is 0 Å². The van der Waals surface area contributed by atoms with Crippen LogP contribution in [0.25, 0.3) is 0 Å². The van der Waals surface area contributed by atoms with E-state index < -0.39 is 0 Å². The number of hydrogen-bond donors (Lipinski definition) is 1. The zero-order valence-corrected chi connectivity index (χ0v) is 9.18. The van der Waals surface area contributed by atoms with Crippen LogP contribution in [-0.4, -0.2) is 11.2 Å². The normalized spacial score (nSPS) is 10.6. The maximum Gasteiger partial charge on any atom is 0.125 e. The minimum absolute atomic E-state index is 0.280. The Bertz CT molecular complexity index is 497. The van der Waals surface area contributed by atoms with Crippen LogP contribution < -0.4 is 5.43 Å². The second-order valence-electron chi connectivity index (χ2n) is 3.50. The summed E-state index contributed by atoms with van der Waals surface area (Å²) in [6.07, 6.45) is 5.93. The minimum Gasteiger partial charge on any atom is -0.279 e. The Balaban J connectivity index is 1.86. The van der Waals surface area contributed by atoms with Gasteiger partial charge >= 0.3 is 0 Å². The zero-order valence-electron chi connectivity index (χ0n) is 9.18. The molecule has 0 unspecified atom stereocenters. The van der Waals surface area contributed by atoms with Crippen LogP contribution in [0.15, 0.2) is 53.9 Å². The van der Waals surface area contributed by atoms with Gasteiger partial charge in [0.15, 0.2) is 0 Å². The fourth-order valence-corrected chi connectivity index (χ4v) is 1.35. The molecular weight excluding hydrogens is 217 g/mol. The Labute approximate surface area is 99.0 Å². The zero-order chi connectivity index (χ0) is 11.9. The van der Waals surface area contributed by atoms with E-state index in [0.717, 1.165) is 5.56 Å². The molecule has 1 aromatic carbocycles. The average Bonchev–Trinajstić information content (AvgIpc) is 2.36. The molecule has 0 aliphatic heterocycles. The van der Waals surface area contributed by atoms with Crippen LogP contribution in [0.3, 0.4) is 0 Å². The van der Waals surface area contributed by atoms with Gasteiger partial charge in [-0.2, -0.15) is 5.10 Å². The lowest BCUT2D eigenvalue weighted by Gasteiger charge is -1.99. The molecule has 0 aliphatic rings. The largest absolute Gasteiger partial charge is 0.279 e. The molecule has 0 atom stereocenters. The van der Waals surface area contributed by atoms with E-state index >= 15 is 0 Å². The van der Waals surface area contributed by atoms with E-state index in [4.69, 9.17) is 0 Å². The van der Waals surface area contributed by atoms with Crippen molar-refractivity contribution in [2.45, 2.75) is 6.42 Å². The molecule has 86 valence electrons. The summed E-state index contributed by atoms with van der Waals surface area (Å²) in [5.74, 6) is -0.280. The van der Waals surface area contributed by atoms with Gasteiger partial charge in [-0.1, -0.05) is 12.1 Å².